The maximum Gasteiger partial charge on any atom is 0.303 e. The summed E-state index contributed by atoms with van der Waals surface area (Å²) < 4.78 is 23.4. The number of ether oxygens (including phenoxy) is 4. The van der Waals surface area contributed by atoms with Crippen LogP contribution in [-0.4, -0.2) is 62.3 Å². The lowest BCUT2D eigenvalue weighted by Crippen LogP contribution is -2.40. The van der Waals surface area contributed by atoms with E-state index in [4.69, 9.17) is 30.5 Å². The summed E-state index contributed by atoms with van der Waals surface area (Å²) in [7, 11) is 0. The molecule has 4 atom stereocenters. The molecule has 1 aliphatic heterocycles. The summed E-state index contributed by atoms with van der Waals surface area (Å²) in [4.78, 5) is 47.9. The fraction of sp³-hybridized carbons (Fsp3) is 0.545. The Balaban J connectivity index is 2.03. The number of unbranched alkanes of at least 4 members (excludes halogenated alkanes) is 2. The van der Waals surface area contributed by atoms with E-state index < -0.39 is 42.4 Å². The number of esters is 3. The summed E-state index contributed by atoms with van der Waals surface area (Å²) in [5.74, 6) is 4.31. The summed E-state index contributed by atoms with van der Waals surface area (Å²) in [5, 5.41) is 0.0959. The number of halogens is 1. The molecule has 0 N–H and O–H groups in total. The largest absolute Gasteiger partial charge is 0.463 e. The van der Waals surface area contributed by atoms with E-state index in [0.717, 1.165) is 12.8 Å². The summed E-state index contributed by atoms with van der Waals surface area (Å²) in [6, 6.07) is 0. The molecule has 0 bridgehead atoms. The molecule has 0 aromatic carbocycles. The molecule has 0 unspecified atom stereocenters. The van der Waals surface area contributed by atoms with E-state index in [1.54, 1.807) is 0 Å². The monoisotopic (exact) mass is 492 g/mol. The van der Waals surface area contributed by atoms with E-state index in [-0.39, 0.29) is 23.2 Å². The van der Waals surface area contributed by atoms with Crippen molar-refractivity contribution in [2.24, 2.45) is 0 Å². The van der Waals surface area contributed by atoms with E-state index in [0.29, 0.717) is 11.9 Å². The van der Waals surface area contributed by atoms with Gasteiger partial charge in [0.1, 0.15) is 18.2 Å². The van der Waals surface area contributed by atoms with Crippen molar-refractivity contribution in [3.8, 4) is 11.8 Å². The van der Waals surface area contributed by atoms with Crippen molar-refractivity contribution in [1.29, 1.82) is 0 Å². The quantitative estimate of drug-likeness (QED) is 0.186. The van der Waals surface area contributed by atoms with Crippen molar-refractivity contribution in [3.05, 3.63) is 17.3 Å². The number of nitrogens with zero attached hydrogens (tertiary/aromatic N) is 4. The highest BCUT2D eigenvalue weighted by molar-refractivity contribution is 6.33. The zero-order valence-corrected chi connectivity index (χ0v) is 20.0. The Morgan fingerprint density at radius 3 is 2.47 bits per heavy atom. The van der Waals surface area contributed by atoms with Crippen LogP contribution in [0.15, 0.2) is 6.33 Å². The molecule has 182 valence electrons. The first-order valence-electron chi connectivity index (χ1n) is 10.7. The third kappa shape index (κ3) is 6.01. The molecule has 1 aliphatic rings. The Hall–Kier alpha value is -3.23. The van der Waals surface area contributed by atoms with Gasteiger partial charge in [-0.25, -0.2) is 15.0 Å². The van der Waals surface area contributed by atoms with Crippen LogP contribution in [-0.2, 0) is 33.3 Å². The Morgan fingerprint density at radius 2 is 1.82 bits per heavy atom. The van der Waals surface area contributed by atoms with Gasteiger partial charge in [-0.3, -0.25) is 19.0 Å². The lowest BCUT2D eigenvalue weighted by Gasteiger charge is -2.23. The van der Waals surface area contributed by atoms with E-state index in [9.17, 15) is 14.4 Å². The first kappa shape index (κ1) is 25.4. The molecular formula is C22H25ClN4O7. The summed E-state index contributed by atoms with van der Waals surface area (Å²) in [6.07, 6.45) is 0.00651. The maximum absolute atomic E-state index is 11.9. The van der Waals surface area contributed by atoms with Gasteiger partial charge in [0.25, 0.3) is 0 Å². The van der Waals surface area contributed by atoms with Crippen molar-refractivity contribution in [1.82, 2.24) is 19.5 Å². The fourth-order valence-electron chi connectivity index (χ4n) is 3.45. The third-order valence-electron chi connectivity index (χ3n) is 4.85. The van der Waals surface area contributed by atoms with Crippen LogP contribution in [0, 0.1) is 11.8 Å². The van der Waals surface area contributed by atoms with Gasteiger partial charge in [-0.2, -0.15) is 0 Å². The van der Waals surface area contributed by atoms with E-state index in [1.807, 2.05) is 0 Å². The zero-order chi connectivity index (χ0) is 24.8. The molecule has 2 aromatic rings. The number of imidazole rings is 1. The second-order valence-corrected chi connectivity index (χ2v) is 7.94. The molecule has 0 aliphatic carbocycles. The van der Waals surface area contributed by atoms with Gasteiger partial charge in [-0.05, 0) is 12.3 Å². The predicted molar refractivity (Wildman–Crippen MR) is 118 cm³/mol. The topological polar surface area (TPSA) is 132 Å². The van der Waals surface area contributed by atoms with Gasteiger partial charge in [-0.1, -0.05) is 30.9 Å². The molecule has 0 saturated carbocycles. The van der Waals surface area contributed by atoms with Crippen LogP contribution in [0.25, 0.3) is 11.2 Å². The van der Waals surface area contributed by atoms with Gasteiger partial charge in [-0.15, -0.1) is 0 Å². The Labute approximate surface area is 201 Å². The zero-order valence-electron chi connectivity index (χ0n) is 19.2. The minimum absolute atomic E-state index is 0.0959. The number of carbonyl (C=O) groups is 3. The highest BCUT2D eigenvalue weighted by Crippen LogP contribution is 2.36. The highest BCUT2D eigenvalue weighted by Gasteiger charge is 2.51. The predicted octanol–water partition coefficient (Wildman–Crippen LogP) is 2.35. The van der Waals surface area contributed by atoms with Gasteiger partial charge in [0.05, 0.1) is 6.33 Å². The Kier molecular flexibility index (Phi) is 8.41. The Bertz CT molecular complexity index is 1140. The summed E-state index contributed by atoms with van der Waals surface area (Å²) >= 11 is 6.31. The van der Waals surface area contributed by atoms with E-state index >= 15 is 0 Å². The number of carbonyl (C=O) groups excluding carboxylic acids is 3. The van der Waals surface area contributed by atoms with Crippen LogP contribution >= 0.6 is 11.6 Å². The third-order valence-corrected chi connectivity index (χ3v) is 5.11. The van der Waals surface area contributed by atoms with Gasteiger partial charge in [0.2, 0.25) is 5.82 Å². The molecule has 2 aromatic heterocycles. The highest BCUT2D eigenvalue weighted by atomic mass is 35.5. The second kappa shape index (κ2) is 11.3. The van der Waals surface area contributed by atoms with Crippen LogP contribution < -0.4 is 0 Å². The van der Waals surface area contributed by atoms with Crippen molar-refractivity contribution in [3.63, 3.8) is 0 Å². The molecule has 0 amide bonds. The minimum Gasteiger partial charge on any atom is -0.463 e. The number of rotatable bonds is 7. The smallest absolute Gasteiger partial charge is 0.303 e. The van der Waals surface area contributed by atoms with Crippen LogP contribution in [0.4, 0.5) is 0 Å². The minimum atomic E-state index is -1.08. The van der Waals surface area contributed by atoms with Crippen molar-refractivity contribution >= 4 is 40.7 Å². The summed E-state index contributed by atoms with van der Waals surface area (Å²) in [6.45, 7) is 5.51. The average molecular weight is 493 g/mol. The van der Waals surface area contributed by atoms with Crippen LogP contribution in [0.2, 0.25) is 5.15 Å². The van der Waals surface area contributed by atoms with Crippen LogP contribution in [0.3, 0.4) is 0 Å². The number of fused-ring (bicyclic) bond motifs is 1. The molecule has 1 fully saturated rings. The fourth-order valence-corrected chi connectivity index (χ4v) is 3.66. The SMILES string of the molecule is CCCCC#Cc1nc(Cl)c2ncn([C@@H]3O[C@H](COC(C)=O)[C@@H](OC(C)=O)[C@H]3OC(C)=O)c2n1. The van der Waals surface area contributed by atoms with Gasteiger partial charge < -0.3 is 18.9 Å². The van der Waals surface area contributed by atoms with Crippen LogP contribution in [0.5, 0.6) is 0 Å². The molecular weight excluding hydrogens is 468 g/mol. The number of aromatic nitrogens is 4. The molecule has 3 rings (SSSR count). The second-order valence-electron chi connectivity index (χ2n) is 7.58. The first-order chi connectivity index (χ1) is 16.2. The lowest BCUT2D eigenvalue weighted by atomic mass is 10.1. The molecule has 12 heteroatoms. The standard InChI is InChI=1S/C22H25ClN4O7/c1-5-6-7-8-9-16-25-20(23)17-21(26-16)27(11-24-17)22-19(33-14(4)30)18(32-13(3)29)15(34-22)10-31-12(2)28/h11,15,18-19,22H,5-7,10H2,1-4H3/t15-,18-,19-,22-/m1/s1. The van der Waals surface area contributed by atoms with Gasteiger partial charge >= 0.3 is 17.9 Å². The average Bonchev–Trinajstić information content (AvgIpc) is 3.31. The number of hydrogen-bond donors (Lipinski definition) is 0. The summed E-state index contributed by atoms with van der Waals surface area (Å²) in [5.41, 5.74) is 0.579. The van der Waals surface area contributed by atoms with Crippen molar-refractivity contribution in [2.75, 3.05) is 6.61 Å². The van der Waals surface area contributed by atoms with Gasteiger partial charge in [0, 0.05) is 27.2 Å². The first-order valence-corrected chi connectivity index (χ1v) is 11.1. The van der Waals surface area contributed by atoms with E-state index in [1.165, 1.54) is 31.7 Å². The maximum atomic E-state index is 11.9. The van der Waals surface area contributed by atoms with E-state index in [2.05, 4.69) is 33.7 Å². The van der Waals surface area contributed by atoms with Crippen molar-refractivity contribution < 1.29 is 33.3 Å². The van der Waals surface area contributed by atoms with Crippen molar-refractivity contribution in [2.45, 2.75) is 71.5 Å². The van der Waals surface area contributed by atoms with Crippen LogP contribution in [0.1, 0.15) is 59.0 Å². The van der Waals surface area contributed by atoms with Gasteiger partial charge in [0.15, 0.2) is 29.2 Å². The molecule has 34 heavy (non-hydrogen) atoms. The molecule has 0 spiro atoms. The normalized spacial score (nSPS) is 21.6. The molecule has 11 nitrogen and oxygen atoms in total. The lowest BCUT2D eigenvalue weighted by molar-refractivity contribution is -0.166. The molecule has 3 heterocycles. The molecule has 0 radical (unpaired) electrons. The number of hydrogen-bond acceptors (Lipinski definition) is 10. The molecule has 1 saturated heterocycles. The Morgan fingerprint density at radius 1 is 1.12 bits per heavy atom.